The predicted octanol–water partition coefficient (Wildman–Crippen LogP) is 11.7. The maximum atomic E-state index is 11.5. The van der Waals surface area contributed by atoms with Gasteiger partial charge in [-0.3, -0.25) is 0 Å². The van der Waals surface area contributed by atoms with E-state index in [1.807, 2.05) is 19.1 Å². The third-order valence-electron chi connectivity index (χ3n) is 9.45. The molecule has 0 spiro atoms. The quantitative estimate of drug-likeness (QED) is 0.173. The lowest BCUT2D eigenvalue weighted by atomic mass is 9.83. The van der Waals surface area contributed by atoms with E-state index in [0.29, 0.717) is 11.5 Å². The summed E-state index contributed by atoms with van der Waals surface area (Å²) < 4.78 is 0. The molecule has 0 radical (unpaired) electrons. The summed E-state index contributed by atoms with van der Waals surface area (Å²) in [5.74, 6) is 0.767. The summed E-state index contributed by atoms with van der Waals surface area (Å²) in [7, 11) is 0. The molecule has 2 nitrogen and oxygen atoms in total. The van der Waals surface area contributed by atoms with Gasteiger partial charge in [0.15, 0.2) is 0 Å². The van der Waals surface area contributed by atoms with Crippen molar-refractivity contribution >= 4 is 0 Å². The Morgan fingerprint density at radius 1 is 0.500 bits per heavy atom. The maximum Gasteiger partial charge on any atom is 0.122 e. The van der Waals surface area contributed by atoms with Crippen LogP contribution in [0.3, 0.4) is 0 Å². The number of hydrogen-bond donors (Lipinski definition) is 2. The molecule has 0 saturated carbocycles. The van der Waals surface area contributed by atoms with E-state index in [-0.39, 0.29) is 11.8 Å². The zero-order valence-electron chi connectivity index (χ0n) is 27.2. The standard InChI is InChI=1S/C44H42O2/c1-5-31-26-39(28-42(44(31)46)40(6-2)37-23-21-36(22-24-37)34-15-11-8-12-16-34)38-25-29(3)43(45)41(27-38)30(4)32-17-19-35(20-18-32)33-13-9-7-10-14-33/h7-28,30,40,45-46H,5-6H2,1-4H3. The molecule has 0 aliphatic carbocycles. The minimum atomic E-state index is -0.00257. The Morgan fingerprint density at radius 3 is 1.50 bits per heavy atom. The molecule has 2 heteroatoms. The van der Waals surface area contributed by atoms with Gasteiger partial charge in [0.1, 0.15) is 11.5 Å². The van der Waals surface area contributed by atoms with E-state index in [9.17, 15) is 10.2 Å². The van der Waals surface area contributed by atoms with Crippen LogP contribution >= 0.6 is 0 Å². The molecule has 0 heterocycles. The minimum Gasteiger partial charge on any atom is -0.507 e. The molecule has 0 bridgehead atoms. The van der Waals surface area contributed by atoms with Crippen molar-refractivity contribution in [3.63, 3.8) is 0 Å². The molecular weight excluding hydrogens is 560 g/mol. The first-order valence-corrected chi connectivity index (χ1v) is 16.4. The number of benzene rings is 6. The van der Waals surface area contributed by atoms with Gasteiger partial charge in [-0.2, -0.15) is 0 Å². The Balaban J connectivity index is 1.36. The monoisotopic (exact) mass is 602 g/mol. The lowest BCUT2D eigenvalue weighted by molar-refractivity contribution is 0.457. The Hall–Kier alpha value is -5.08. The second kappa shape index (κ2) is 13.5. The summed E-state index contributed by atoms with van der Waals surface area (Å²) in [5, 5.41) is 22.8. The van der Waals surface area contributed by atoms with E-state index < -0.39 is 0 Å². The van der Waals surface area contributed by atoms with Crippen molar-refractivity contribution in [3.8, 4) is 44.9 Å². The first-order chi connectivity index (χ1) is 22.4. The average molecular weight is 603 g/mol. The van der Waals surface area contributed by atoms with Crippen LogP contribution in [0.4, 0.5) is 0 Å². The van der Waals surface area contributed by atoms with Gasteiger partial charge in [-0.15, -0.1) is 0 Å². The molecule has 0 saturated heterocycles. The second-order valence-electron chi connectivity index (χ2n) is 12.3. The largest absolute Gasteiger partial charge is 0.507 e. The molecule has 6 rings (SSSR count). The minimum absolute atomic E-state index is 0.00257. The van der Waals surface area contributed by atoms with Crippen LogP contribution in [0.1, 0.15) is 72.4 Å². The van der Waals surface area contributed by atoms with Gasteiger partial charge in [0.2, 0.25) is 0 Å². The van der Waals surface area contributed by atoms with Crippen molar-refractivity contribution in [2.24, 2.45) is 0 Å². The van der Waals surface area contributed by atoms with Crippen LogP contribution in [0.25, 0.3) is 33.4 Å². The molecular formula is C44H42O2. The topological polar surface area (TPSA) is 40.5 Å². The van der Waals surface area contributed by atoms with Crippen LogP contribution in [-0.4, -0.2) is 10.2 Å². The van der Waals surface area contributed by atoms with Crippen LogP contribution in [0.5, 0.6) is 11.5 Å². The van der Waals surface area contributed by atoms with E-state index in [2.05, 4.69) is 142 Å². The van der Waals surface area contributed by atoms with Crippen LogP contribution in [-0.2, 0) is 6.42 Å². The van der Waals surface area contributed by atoms with Gasteiger partial charge in [0.25, 0.3) is 0 Å². The summed E-state index contributed by atoms with van der Waals surface area (Å²) in [6.45, 7) is 8.40. The summed E-state index contributed by atoms with van der Waals surface area (Å²) in [6, 6.07) is 46.7. The Kier molecular flexibility index (Phi) is 9.08. The molecule has 0 fully saturated rings. The van der Waals surface area contributed by atoms with E-state index >= 15 is 0 Å². The molecule has 2 N–H and O–H groups in total. The van der Waals surface area contributed by atoms with Crippen LogP contribution in [0.15, 0.2) is 133 Å². The third kappa shape index (κ3) is 6.21. The molecule has 2 atom stereocenters. The van der Waals surface area contributed by atoms with Crippen LogP contribution in [0, 0.1) is 6.92 Å². The zero-order chi connectivity index (χ0) is 32.2. The van der Waals surface area contributed by atoms with Gasteiger partial charge in [0.05, 0.1) is 0 Å². The van der Waals surface area contributed by atoms with Gasteiger partial charge in [-0.25, -0.2) is 0 Å². The number of rotatable bonds is 9. The van der Waals surface area contributed by atoms with Crippen molar-refractivity contribution in [2.45, 2.75) is 52.4 Å². The first kappa shape index (κ1) is 30.9. The smallest absolute Gasteiger partial charge is 0.122 e. The van der Waals surface area contributed by atoms with Gasteiger partial charge < -0.3 is 10.2 Å². The van der Waals surface area contributed by atoms with Crippen LogP contribution in [0.2, 0.25) is 0 Å². The molecule has 0 aromatic heterocycles. The van der Waals surface area contributed by atoms with Gasteiger partial charge >= 0.3 is 0 Å². The predicted molar refractivity (Wildman–Crippen MR) is 193 cm³/mol. The van der Waals surface area contributed by atoms with Gasteiger partial charge in [-0.1, -0.05) is 130 Å². The zero-order valence-corrected chi connectivity index (χ0v) is 27.2. The lowest BCUT2D eigenvalue weighted by Gasteiger charge is -2.22. The molecule has 0 aliphatic rings. The fourth-order valence-electron chi connectivity index (χ4n) is 6.67. The highest BCUT2D eigenvalue weighted by molar-refractivity contribution is 5.72. The molecule has 6 aromatic carbocycles. The van der Waals surface area contributed by atoms with E-state index in [1.165, 1.54) is 27.8 Å². The number of phenolic OH excluding ortho intramolecular Hbond substituents is 2. The van der Waals surface area contributed by atoms with Crippen molar-refractivity contribution < 1.29 is 10.2 Å². The van der Waals surface area contributed by atoms with Crippen molar-refractivity contribution in [1.82, 2.24) is 0 Å². The summed E-state index contributed by atoms with van der Waals surface area (Å²) in [6.07, 6.45) is 1.59. The molecule has 0 aliphatic heterocycles. The number of phenols is 2. The van der Waals surface area contributed by atoms with Gasteiger partial charge in [0, 0.05) is 23.0 Å². The molecule has 230 valence electrons. The molecule has 6 aromatic rings. The second-order valence-corrected chi connectivity index (χ2v) is 12.3. The van der Waals surface area contributed by atoms with E-state index in [4.69, 9.17) is 0 Å². The number of aromatic hydroxyl groups is 2. The van der Waals surface area contributed by atoms with Crippen molar-refractivity contribution in [3.05, 3.63) is 167 Å². The van der Waals surface area contributed by atoms with Crippen LogP contribution < -0.4 is 0 Å². The summed E-state index contributed by atoms with van der Waals surface area (Å²) >= 11 is 0. The summed E-state index contributed by atoms with van der Waals surface area (Å²) in [5.41, 5.74) is 12.8. The van der Waals surface area contributed by atoms with Crippen molar-refractivity contribution in [1.29, 1.82) is 0 Å². The van der Waals surface area contributed by atoms with Crippen molar-refractivity contribution in [2.75, 3.05) is 0 Å². The number of aryl methyl sites for hydroxylation is 2. The molecule has 46 heavy (non-hydrogen) atoms. The SMILES string of the molecule is CCc1cc(-c2cc(C)c(O)c(C(C)c3ccc(-c4ccccc4)cc3)c2)cc(C(CC)c2ccc(-c3ccccc3)cc2)c1O. The maximum absolute atomic E-state index is 11.5. The van der Waals surface area contributed by atoms with E-state index in [1.54, 1.807) is 0 Å². The highest BCUT2D eigenvalue weighted by atomic mass is 16.3. The fourth-order valence-corrected chi connectivity index (χ4v) is 6.67. The Morgan fingerprint density at radius 2 is 0.978 bits per heavy atom. The highest BCUT2D eigenvalue weighted by Gasteiger charge is 2.22. The Labute approximate surface area is 273 Å². The average Bonchev–Trinajstić information content (AvgIpc) is 3.11. The van der Waals surface area contributed by atoms with E-state index in [0.717, 1.165) is 51.8 Å². The highest BCUT2D eigenvalue weighted by Crippen LogP contribution is 2.42. The normalized spacial score (nSPS) is 12.5. The molecule has 2 unspecified atom stereocenters. The first-order valence-electron chi connectivity index (χ1n) is 16.4. The van der Waals surface area contributed by atoms with Gasteiger partial charge in [-0.05, 0) is 99.7 Å². The third-order valence-corrected chi connectivity index (χ3v) is 9.45. The summed E-state index contributed by atoms with van der Waals surface area (Å²) in [4.78, 5) is 0. The number of hydrogen-bond acceptors (Lipinski definition) is 2. The lowest BCUT2D eigenvalue weighted by Crippen LogP contribution is -2.03. The fraction of sp³-hybridized carbons (Fsp3) is 0.182. The molecule has 0 amide bonds. The Bertz CT molecular complexity index is 1920.